The molecule has 0 unspecified atom stereocenters. The lowest BCUT2D eigenvalue weighted by atomic mass is 10.0. The summed E-state index contributed by atoms with van der Waals surface area (Å²) in [6, 6.07) is 5.31. The predicted molar refractivity (Wildman–Crippen MR) is 110 cm³/mol. The van der Waals surface area contributed by atoms with Gasteiger partial charge in [-0.2, -0.15) is 0 Å². The maximum Gasteiger partial charge on any atom is 0.192 e. The fourth-order valence-corrected chi connectivity index (χ4v) is 4.94. The molecule has 1 saturated heterocycles. The Kier molecular flexibility index (Phi) is 5.88. The topological polar surface area (TPSA) is 83.5 Å². The van der Waals surface area contributed by atoms with Crippen molar-refractivity contribution in [2.75, 3.05) is 20.8 Å². The molecule has 1 aliphatic heterocycles. The Balaban J connectivity index is 1.89. The van der Waals surface area contributed by atoms with Crippen LogP contribution in [0.2, 0.25) is 18.1 Å². The monoisotopic (exact) mass is 424 g/mol. The predicted octanol–water partition coefficient (Wildman–Crippen LogP) is 3.21. The maximum atomic E-state index is 12.9. The number of methoxy groups -OCH3 is 2. The normalized spacial score (nSPS) is 29.8. The summed E-state index contributed by atoms with van der Waals surface area (Å²) < 4.78 is 29.3. The molecule has 1 N–H and O–H groups in total. The lowest BCUT2D eigenvalue weighted by Crippen LogP contribution is -2.51. The number of ketones is 1. The molecule has 2 aliphatic rings. The van der Waals surface area contributed by atoms with Crippen LogP contribution in [0.25, 0.3) is 0 Å². The molecule has 0 amide bonds. The molecule has 1 saturated carbocycles. The van der Waals surface area contributed by atoms with Crippen LogP contribution in [-0.2, 0) is 18.7 Å². The first-order chi connectivity index (χ1) is 13.5. The zero-order valence-electron chi connectivity index (χ0n) is 18.3. The molecule has 0 bridgehead atoms. The van der Waals surface area contributed by atoms with E-state index in [4.69, 9.17) is 23.4 Å². The third-order valence-electron chi connectivity index (χ3n) is 6.41. The van der Waals surface area contributed by atoms with E-state index in [1.54, 1.807) is 32.4 Å². The van der Waals surface area contributed by atoms with E-state index in [2.05, 4.69) is 33.9 Å². The van der Waals surface area contributed by atoms with Crippen molar-refractivity contribution < 1.29 is 33.3 Å². The molecule has 7 nitrogen and oxygen atoms in total. The number of carbonyl (C=O) groups excluding carboxylic acids is 1. The molecule has 1 aliphatic carbocycles. The van der Waals surface area contributed by atoms with Crippen LogP contribution in [-0.4, -0.2) is 57.8 Å². The van der Waals surface area contributed by atoms with Gasteiger partial charge in [-0.15, -0.1) is 0 Å². The largest absolute Gasteiger partial charge is 0.493 e. The highest BCUT2D eigenvalue weighted by Crippen LogP contribution is 2.49. The number of hydrogen-bond donors (Lipinski definition) is 1. The van der Waals surface area contributed by atoms with Gasteiger partial charge in [0.25, 0.3) is 0 Å². The molecule has 4 atom stereocenters. The van der Waals surface area contributed by atoms with Crippen LogP contribution >= 0.6 is 0 Å². The van der Waals surface area contributed by atoms with Gasteiger partial charge >= 0.3 is 0 Å². The fraction of sp³-hybridized carbons (Fsp3) is 0.667. The van der Waals surface area contributed by atoms with Crippen molar-refractivity contribution in [3.8, 4) is 11.5 Å². The van der Waals surface area contributed by atoms with Gasteiger partial charge in [-0.25, -0.2) is 0 Å². The molecular weight excluding hydrogens is 392 g/mol. The third kappa shape index (κ3) is 3.72. The number of hydrogen-bond acceptors (Lipinski definition) is 7. The number of fused-ring (bicyclic) bond motifs is 1. The highest BCUT2D eigenvalue weighted by molar-refractivity contribution is 6.74. The first kappa shape index (κ1) is 22.2. The second-order valence-corrected chi connectivity index (χ2v) is 14.0. The highest BCUT2D eigenvalue weighted by Gasteiger charge is 2.64. The van der Waals surface area contributed by atoms with Gasteiger partial charge in [0.1, 0.15) is 6.10 Å². The summed E-state index contributed by atoms with van der Waals surface area (Å²) in [6.07, 6.45) is -1.73. The quantitative estimate of drug-likeness (QED) is 0.702. The zero-order chi connectivity index (χ0) is 21.6. The van der Waals surface area contributed by atoms with E-state index >= 15 is 0 Å². The zero-order valence-corrected chi connectivity index (χ0v) is 19.3. The number of carbonyl (C=O) groups is 1. The van der Waals surface area contributed by atoms with Gasteiger partial charge in [0, 0.05) is 12.0 Å². The van der Waals surface area contributed by atoms with Crippen LogP contribution in [0.4, 0.5) is 0 Å². The summed E-state index contributed by atoms with van der Waals surface area (Å²) in [6.45, 7) is 10.3. The van der Waals surface area contributed by atoms with Crippen molar-refractivity contribution >= 4 is 14.1 Å². The average Bonchev–Trinajstić information content (AvgIpc) is 3.16. The molecule has 0 aromatic heterocycles. The Bertz CT molecular complexity index is 773. The van der Waals surface area contributed by atoms with E-state index < -0.39 is 39.0 Å². The molecule has 1 aromatic rings. The fourth-order valence-electron chi connectivity index (χ4n) is 3.62. The number of Topliss-reactive ketones (excluding diaryl/α,β-unsaturated/α-hetero) is 1. The summed E-state index contributed by atoms with van der Waals surface area (Å²) in [4.78, 5) is 12.9. The van der Waals surface area contributed by atoms with Crippen molar-refractivity contribution in [3.63, 3.8) is 0 Å². The smallest absolute Gasteiger partial charge is 0.192 e. The molecule has 162 valence electrons. The van der Waals surface area contributed by atoms with Crippen LogP contribution in [0.15, 0.2) is 18.2 Å². The standard InChI is InChI=1S/C21H32O7Si/c1-20(2,3)29(6,7)28-16-11-17(23)21(12-22)18(16)26-19(27-21)13-8-9-14(24-4)15(10-13)25-5/h8-10,16,18-19,22H,11-12H2,1-7H3/t16-,18+,19+,21-/m0/s1. The summed E-state index contributed by atoms with van der Waals surface area (Å²) in [5.41, 5.74) is -0.714. The van der Waals surface area contributed by atoms with Gasteiger partial charge in [0.05, 0.1) is 26.9 Å². The molecule has 2 fully saturated rings. The molecule has 3 rings (SSSR count). The molecule has 1 heterocycles. The number of aliphatic hydroxyl groups excluding tert-OH is 1. The molecule has 0 spiro atoms. The summed E-state index contributed by atoms with van der Waals surface area (Å²) in [5.74, 6) is 0.936. The van der Waals surface area contributed by atoms with Crippen molar-refractivity contribution in [2.24, 2.45) is 0 Å². The summed E-state index contributed by atoms with van der Waals surface area (Å²) in [7, 11) is 0.973. The first-order valence-corrected chi connectivity index (χ1v) is 12.8. The van der Waals surface area contributed by atoms with Crippen molar-refractivity contribution in [1.82, 2.24) is 0 Å². The van der Waals surface area contributed by atoms with Crippen molar-refractivity contribution in [2.45, 2.75) is 69.4 Å². The van der Waals surface area contributed by atoms with Gasteiger partial charge < -0.3 is 28.5 Å². The summed E-state index contributed by atoms with van der Waals surface area (Å²) >= 11 is 0. The molecule has 29 heavy (non-hydrogen) atoms. The SMILES string of the molecule is COc1ccc([C@@H]2O[C@@H]3[C@@H](O[Si](C)(C)C(C)(C)C)CC(=O)[C@]3(CO)O2)cc1OC. The lowest BCUT2D eigenvalue weighted by Gasteiger charge is -2.39. The van der Waals surface area contributed by atoms with E-state index in [0.717, 1.165) is 0 Å². The number of aliphatic hydroxyl groups is 1. The van der Waals surface area contributed by atoms with Crippen LogP contribution in [0.5, 0.6) is 11.5 Å². The molecule has 0 radical (unpaired) electrons. The van der Waals surface area contributed by atoms with Gasteiger partial charge in [0.15, 0.2) is 37.5 Å². The van der Waals surface area contributed by atoms with Gasteiger partial charge in [-0.3, -0.25) is 4.79 Å². The maximum absolute atomic E-state index is 12.9. The van der Waals surface area contributed by atoms with E-state index in [1.165, 1.54) is 0 Å². The van der Waals surface area contributed by atoms with Crippen LogP contribution < -0.4 is 9.47 Å². The lowest BCUT2D eigenvalue weighted by molar-refractivity contribution is -0.151. The number of rotatable bonds is 6. The second-order valence-electron chi connectivity index (χ2n) is 9.21. The highest BCUT2D eigenvalue weighted by atomic mass is 28.4. The Morgan fingerprint density at radius 2 is 1.86 bits per heavy atom. The molecule has 8 heteroatoms. The van der Waals surface area contributed by atoms with Crippen molar-refractivity contribution in [1.29, 1.82) is 0 Å². The Morgan fingerprint density at radius 1 is 1.21 bits per heavy atom. The van der Waals surface area contributed by atoms with Gasteiger partial charge in [-0.05, 0) is 30.3 Å². The van der Waals surface area contributed by atoms with Gasteiger partial charge in [0.2, 0.25) is 0 Å². The van der Waals surface area contributed by atoms with Gasteiger partial charge in [-0.1, -0.05) is 26.8 Å². The first-order valence-electron chi connectivity index (χ1n) is 9.86. The minimum absolute atomic E-state index is 0.0112. The van der Waals surface area contributed by atoms with Crippen LogP contribution in [0.1, 0.15) is 39.0 Å². The van der Waals surface area contributed by atoms with Crippen LogP contribution in [0.3, 0.4) is 0 Å². The number of ether oxygens (including phenoxy) is 4. The minimum atomic E-state index is -2.14. The van der Waals surface area contributed by atoms with E-state index in [-0.39, 0.29) is 17.2 Å². The van der Waals surface area contributed by atoms with E-state index in [9.17, 15) is 9.90 Å². The minimum Gasteiger partial charge on any atom is -0.493 e. The molecular formula is C21H32O7Si. The Morgan fingerprint density at radius 3 is 2.41 bits per heavy atom. The summed E-state index contributed by atoms with van der Waals surface area (Å²) in [5, 5.41) is 10.1. The van der Waals surface area contributed by atoms with E-state index in [0.29, 0.717) is 17.1 Å². The molecule has 1 aromatic carbocycles. The Labute approximate surface area is 173 Å². The average molecular weight is 425 g/mol. The Hall–Kier alpha value is -1.45. The van der Waals surface area contributed by atoms with Crippen LogP contribution in [0, 0.1) is 0 Å². The van der Waals surface area contributed by atoms with E-state index in [1.807, 2.05) is 0 Å². The third-order valence-corrected chi connectivity index (χ3v) is 10.9. The number of benzene rings is 1. The van der Waals surface area contributed by atoms with Crippen molar-refractivity contribution in [3.05, 3.63) is 23.8 Å². The second kappa shape index (κ2) is 7.66.